The number of rotatable bonds is 5. The minimum atomic E-state index is -4.30. The molecule has 1 aromatic rings. The monoisotopic (exact) mass is 313 g/mol. The van der Waals surface area contributed by atoms with Crippen LogP contribution in [0, 0.1) is 0 Å². The predicted octanol–water partition coefficient (Wildman–Crippen LogP) is 3.61. The molecule has 0 bridgehead atoms. The summed E-state index contributed by atoms with van der Waals surface area (Å²) in [4.78, 5) is 6.29. The SMILES string of the molecule is CC(CCN=C(N)N(C)C1CC1)c1cccc(C(F)(F)F)c1. The quantitative estimate of drug-likeness (QED) is 0.666. The van der Waals surface area contributed by atoms with Gasteiger partial charge in [0.25, 0.3) is 0 Å². The van der Waals surface area contributed by atoms with Gasteiger partial charge in [-0.1, -0.05) is 25.1 Å². The maximum absolute atomic E-state index is 12.7. The number of nitrogens with zero attached hydrogens (tertiary/aromatic N) is 2. The van der Waals surface area contributed by atoms with Crippen molar-refractivity contribution in [2.24, 2.45) is 10.7 Å². The van der Waals surface area contributed by atoms with E-state index in [1.165, 1.54) is 12.1 Å². The van der Waals surface area contributed by atoms with E-state index in [-0.39, 0.29) is 5.92 Å². The molecule has 1 aromatic carbocycles. The summed E-state index contributed by atoms with van der Waals surface area (Å²) >= 11 is 0. The number of benzene rings is 1. The van der Waals surface area contributed by atoms with Crippen LogP contribution >= 0.6 is 0 Å². The van der Waals surface area contributed by atoms with Crippen LogP contribution in [0.3, 0.4) is 0 Å². The molecule has 0 heterocycles. The first-order valence-corrected chi connectivity index (χ1v) is 7.49. The fraction of sp³-hybridized carbons (Fsp3) is 0.562. The molecule has 1 saturated carbocycles. The summed E-state index contributed by atoms with van der Waals surface area (Å²) in [5.41, 5.74) is 5.97. The molecule has 2 rings (SSSR count). The minimum absolute atomic E-state index is 0.00470. The molecule has 1 unspecified atom stereocenters. The Morgan fingerprint density at radius 3 is 2.68 bits per heavy atom. The highest BCUT2D eigenvalue weighted by atomic mass is 19.4. The van der Waals surface area contributed by atoms with Gasteiger partial charge in [-0.15, -0.1) is 0 Å². The summed E-state index contributed by atoms with van der Waals surface area (Å²) in [5, 5.41) is 0. The van der Waals surface area contributed by atoms with Crippen molar-refractivity contribution in [2.45, 2.75) is 44.3 Å². The molecule has 0 radical (unpaired) electrons. The highest BCUT2D eigenvalue weighted by molar-refractivity contribution is 5.78. The summed E-state index contributed by atoms with van der Waals surface area (Å²) in [6, 6.07) is 5.99. The zero-order valence-electron chi connectivity index (χ0n) is 12.9. The van der Waals surface area contributed by atoms with Gasteiger partial charge in [0.1, 0.15) is 0 Å². The van der Waals surface area contributed by atoms with Gasteiger partial charge in [-0.25, -0.2) is 0 Å². The lowest BCUT2D eigenvalue weighted by Gasteiger charge is -2.17. The Bertz CT molecular complexity index is 536. The molecule has 1 aliphatic carbocycles. The standard InChI is InChI=1S/C16H22F3N3/c1-11(8-9-21-15(20)22(2)14-6-7-14)12-4-3-5-13(10-12)16(17,18)19/h3-5,10-11,14H,6-9H2,1-2H3,(H2,20,21). The van der Waals surface area contributed by atoms with Gasteiger partial charge in [0.15, 0.2) is 5.96 Å². The van der Waals surface area contributed by atoms with E-state index < -0.39 is 11.7 Å². The average molecular weight is 313 g/mol. The average Bonchev–Trinajstić information content (AvgIpc) is 3.30. The third kappa shape index (κ3) is 4.39. The third-order valence-corrected chi connectivity index (χ3v) is 4.07. The van der Waals surface area contributed by atoms with Gasteiger partial charge >= 0.3 is 6.18 Å². The highest BCUT2D eigenvalue weighted by Gasteiger charge is 2.30. The molecule has 0 amide bonds. The smallest absolute Gasteiger partial charge is 0.370 e. The maximum atomic E-state index is 12.7. The molecule has 1 fully saturated rings. The minimum Gasteiger partial charge on any atom is -0.370 e. The molecule has 1 aliphatic rings. The van der Waals surface area contributed by atoms with Crippen LogP contribution in [0.4, 0.5) is 13.2 Å². The van der Waals surface area contributed by atoms with Crippen LogP contribution in [0.2, 0.25) is 0 Å². The zero-order valence-corrected chi connectivity index (χ0v) is 12.9. The fourth-order valence-electron chi connectivity index (χ4n) is 2.32. The topological polar surface area (TPSA) is 41.6 Å². The molecule has 0 saturated heterocycles. The van der Waals surface area contributed by atoms with Crippen LogP contribution in [-0.4, -0.2) is 30.5 Å². The Labute approximate surface area is 129 Å². The molecule has 0 aliphatic heterocycles. The molecule has 6 heteroatoms. The van der Waals surface area contributed by atoms with E-state index in [1.54, 1.807) is 6.07 Å². The number of nitrogens with two attached hydrogens (primary N) is 1. The molecule has 0 spiro atoms. The van der Waals surface area contributed by atoms with Crippen LogP contribution < -0.4 is 5.73 Å². The van der Waals surface area contributed by atoms with E-state index in [4.69, 9.17) is 5.73 Å². The molecule has 0 aromatic heterocycles. The lowest BCUT2D eigenvalue weighted by atomic mass is 9.96. The van der Waals surface area contributed by atoms with Gasteiger partial charge in [0, 0.05) is 19.6 Å². The van der Waals surface area contributed by atoms with Crippen LogP contribution in [0.5, 0.6) is 0 Å². The molecule has 122 valence electrons. The molecule has 22 heavy (non-hydrogen) atoms. The van der Waals surface area contributed by atoms with Crippen LogP contribution in [0.15, 0.2) is 29.3 Å². The molecular weight excluding hydrogens is 291 g/mol. The number of hydrogen-bond donors (Lipinski definition) is 1. The third-order valence-electron chi connectivity index (χ3n) is 4.07. The Kier molecular flexibility index (Phi) is 4.98. The largest absolute Gasteiger partial charge is 0.416 e. The number of aliphatic imine (C=N–C) groups is 1. The van der Waals surface area contributed by atoms with Crippen molar-refractivity contribution in [1.82, 2.24) is 4.90 Å². The molecule has 2 N–H and O–H groups in total. The van der Waals surface area contributed by atoms with Gasteiger partial charge in [0.05, 0.1) is 5.56 Å². The second-order valence-corrected chi connectivity index (χ2v) is 5.89. The highest BCUT2D eigenvalue weighted by Crippen LogP contribution is 2.31. The molecule has 1 atom stereocenters. The van der Waals surface area contributed by atoms with E-state index in [1.807, 2.05) is 18.9 Å². The van der Waals surface area contributed by atoms with Gasteiger partial charge < -0.3 is 10.6 Å². The first kappa shape index (κ1) is 16.6. The van der Waals surface area contributed by atoms with Crippen molar-refractivity contribution < 1.29 is 13.2 Å². The van der Waals surface area contributed by atoms with Crippen molar-refractivity contribution in [1.29, 1.82) is 0 Å². The second kappa shape index (κ2) is 6.58. The van der Waals surface area contributed by atoms with Gasteiger partial charge in [-0.3, -0.25) is 4.99 Å². The normalized spacial score (nSPS) is 17.4. The number of alkyl halides is 3. The molecule has 3 nitrogen and oxygen atoms in total. The van der Waals surface area contributed by atoms with E-state index in [0.29, 0.717) is 30.5 Å². The van der Waals surface area contributed by atoms with E-state index in [2.05, 4.69) is 4.99 Å². The van der Waals surface area contributed by atoms with Crippen LogP contribution in [-0.2, 0) is 6.18 Å². The maximum Gasteiger partial charge on any atom is 0.416 e. The first-order chi connectivity index (χ1) is 10.3. The van der Waals surface area contributed by atoms with Crippen LogP contribution in [0.25, 0.3) is 0 Å². The summed E-state index contributed by atoms with van der Waals surface area (Å²) in [7, 11) is 1.92. The number of halogens is 3. The van der Waals surface area contributed by atoms with Crippen molar-refractivity contribution in [3.8, 4) is 0 Å². The Morgan fingerprint density at radius 2 is 2.09 bits per heavy atom. The predicted molar refractivity (Wildman–Crippen MR) is 81.8 cm³/mol. The van der Waals surface area contributed by atoms with Gasteiger partial charge in [-0.05, 0) is 36.8 Å². The van der Waals surface area contributed by atoms with Crippen molar-refractivity contribution in [2.75, 3.05) is 13.6 Å². The zero-order chi connectivity index (χ0) is 16.3. The summed E-state index contributed by atoms with van der Waals surface area (Å²) < 4.78 is 38.1. The van der Waals surface area contributed by atoms with Crippen molar-refractivity contribution >= 4 is 5.96 Å². The van der Waals surface area contributed by atoms with E-state index >= 15 is 0 Å². The van der Waals surface area contributed by atoms with Gasteiger partial charge in [-0.2, -0.15) is 13.2 Å². The summed E-state index contributed by atoms with van der Waals surface area (Å²) in [6.45, 7) is 2.42. The summed E-state index contributed by atoms with van der Waals surface area (Å²) in [6.07, 6.45) is -1.34. The number of guanidine groups is 1. The number of hydrogen-bond acceptors (Lipinski definition) is 1. The van der Waals surface area contributed by atoms with E-state index in [9.17, 15) is 13.2 Å². The second-order valence-electron chi connectivity index (χ2n) is 5.89. The lowest BCUT2D eigenvalue weighted by molar-refractivity contribution is -0.137. The Balaban J connectivity index is 1.92. The van der Waals surface area contributed by atoms with Crippen molar-refractivity contribution in [3.05, 3.63) is 35.4 Å². The molecular formula is C16H22F3N3. The van der Waals surface area contributed by atoms with E-state index in [0.717, 1.165) is 18.9 Å². The lowest BCUT2D eigenvalue weighted by Crippen LogP contribution is -2.35. The first-order valence-electron chi connectivity index (χ1n) is 7.49. The van der Waals surface area contributed by atoms with Crippen molar-refractivity contribution in [3.63, 3.8) is 0 Å². The van der Waals surface area contributed by atoms with Crippen LogP contribution in [0.1, 0.15) is 43.2 Å². The fourth-order valence-corrected chi connectivity index (χ4v) is 2.32. The Morgan fingerprint density at radius 1 is 1.41 bits per heavy atom. The summed E-state index contributed by atoms with van der Waals surface area (Å²) in [5.74, 6) is 0.517. The van der Waals surface area contributed by atoms with Gasteiger partial charge in [0.2, 0.25) is 0 Å². The Hall–Kier alpha value is -1.72.